The van der Waals surface area contributed by atoms with E-state index in [0.29, 0.717) is 17.2 Å². The average Bonchev–Trinajstić information content (AvgIpc) is 2.38. The molecule has 0 fully saturated rings. The van der Waals surface area contributed by atoms with Gasteiger partial charge in [0.25, 0.3) is 0 Å². The van der Waals surface area contributed by atoms with Gasteiger partial charge in [-0.1, -0.05) is 18.2 Å². The van der Waals surface area contributed by atoms with Crippen molar-refractivity contribution in [2.45, 2.75) is 6.61 Å². The lowest BCUT2D eigenvalue weighted by molar-refractivity contribution is 0.276. The Balaban J connectivity index is 2.30. The maximum atomic E-state index is 9.19. The van der Waals surface area contributed by atoms with Crippen LogP contribution in [0.25, 0.3) is 0 Å². The number of nitrogens with zero attached hydrogens (tertiary/aromatic N) is 2. The van der Waals surface area contributed by atoms with E-state index in [9.17, 15) is 5.11 Å². The first-order valence-electron chi connectivity index (χ1n) is 5.28. The highest BCUT2D eigenvalue weighted by molar-refractivity contribution is 5.37. The minimum atomic E-state index is -0.117. The normalized spacial score (nSPS) is 10.1. The molecule has 18 heavy (non-hydrogen) atoms. The average molecular weight is 247 g/mol. The van der Waals surface area contributed by atoms with Gasteiger partial charge >= 0.3 is 0 Å². The third kappa shape index (κ3) is 2.67. The fourth-order valence-corrected chi connectivity index (χ4v) is 1.42. The zero-order valence-corrected chi connectivity index (χ0v) is 9.83. The molecule has 1 aromatic heterocycles. The van der Waals surface area contributed by atoms with Crippen LogP contribution in [-0.4, -0.2) is 22.2 Å². The molecule has 94 valence electrons. The maximum Gasteiger partial charge on any atom is 0.227 e. The van der Waals surface area contributed by atoms with Crippen LogP contribution < -0.4 is 15.2 Å². The van der Waals surface area contributed by atoms with Gasteiger partial charge in [0.05, 0.1) is 19.8 Å². The number of hydrogen-bond acceptors (Lipinski definition) is 6. The minimum Gasteiger partial charge on any atom is -0.481 e. The fourth-order valence-electron chi connectivity index (χ4n) is 1.42. The highest BCUT2D eigenvalue weighted by Crippen LogP contribution is 2.26. The lowest BCUT2D eigenvalue weighted by Gasteiger charge is -2.09. The monoisotopic (exact) mass is 247 g/mol. The number of aliphatic hydroxyl groups excluding tert-OH is 1. The predicted octanol–water partition coefficient (Wildman–Crippen LogP) is 1.35. The molecule has 1 aromatic carbocycles. The number of aliphatic hydroxyl groups is 1. The molecule has 0 amide bonds. The van der Waals surface area contributed by atoms with E-state index in [-0.39, 0.29) is 18.4 Å². The number of rotatable bonds is 4. The van der Waals surface area contributed by atoms with Gasteiger partial charge in [-0.25, -0.2) is 0 Å². The third-order valence-electron chi connectivity index (χ3n) is 2.26. The molecular weight excluding hydrogens is 234 g/mol. The van der Waals surface area contributed by atoms with Gasteiger partial charge in [0.2, 0.25) is 17.7 Å². The number of benzene rings is 1. The van der Waals surface area contributed by atoms with Gasteiger partial charge in [-0.3, -0.25) is 0 Å². The summed E-state index contributed by atoms with van der Waals surface area (Å²) in [5.41, 5.74) is 6.19. The summed E-state index contributed by atoms with van der Waals surface area (Å²) >= 11 is 0. The van der Waals surface area contributed by atoms with E-state index in [4.69, 9.17) is 15.2 Å². The first-order chi connectivity index (χ1) is 8.72. The summed E-state index contributed by atoms with van der Waals surface area (Å²) < 4.78 is 10.5. The van der Waals surface area contributed by atoms with Crippen LogP contribution in [0.15, 0.2) is 30.3 Å². The largest absolute Gasteiger partial charge is 0.481 e. The summed E-state index contributed by atoms with van der Waals surface area (Å²) in [6.45, 7) is -0.117. The molecule has 1 heterocycles. The van der Waals surface area contributed by atoms with Crippen LogP contribution in [0.4, 0.5) is 5.95 Å². The molecule has 0 saturated heterocycles. The Morgan fingerprint density at radius 2 is 1.94 bits per heavy atom. The first kappa shape index (κ1) is 12.1. The van der Waals surface area contributed by atoms with Crippen LogP contribution in [0.3, 0.4) is 0 Å². The Labute approximate surface area is 104 Å². The lowest BCUT2D eigenvalue weighted by atomic mass is 10.2. The zero-order valence-electron chi connectivity index (χ0n) is 9.83. The summed E-state index contributed by atoms with van der Waals surface area (Å²) in [7, 11) is 1.48. The van der Waals surface area contributed by atoms with Gasteiger partial charge in [-0.05, 0) is 6.07 Å². The van der Waals surface area contributed by atoms with E-state index in [0.717, 1.165) is 0 Å². The van der Waals surface area contributed by atoms with Crippen molar-refractivity contribution in [1.82, 2.24) is 9.97 Å². The Kier molecular flexibility index (Phi) is 3.59. The number of anilines is 1. The second kappa shape index (κ2) is 5.33. The van der Waals surface area contributed by atoms with Crippen LogP contribution in [-0.2, 0) is 6.61 Å². The SMILES string of the molecule is COc1cc(Oc2ccccc2CO)nc(N)n1. The number of nitrogen functional groups attached to an aromatic ring is 1. The molecule has 0 aliphatic heterocycles. The minimum absolute atomic E-state index is 0.0610. The van der Waals surface area contributed by atoms with E-state index < -0.39 is 0 Å². The molecule has 0 bridgehead atoms. The summed E-state index contributed by atoms with van der Waals surface area (Å²) in [6.07, 6.45) is 0. The van der Waals surface area contributed by atoms with Gasteiger partial charge < -0.3 is 20.3 Å². The van der Waals surface area contributed by atoms with Gasteiger partial charge in [-0.2, -0.15) is 9.97 Å². The number of ether oxygens (including phenoxy) is 2. The van der Waals surface area contributed by atoms with E-state index in [2.05, 4.69) is 9.97 Å². The number of para-hydroxylation sites is 1. The Morgan fingerprint density at radius 3 is 2.67 bits per heavy atom. The number of aromatic nitrogens is 2. The molecule has 2 aromatic rings. The molecule has 0 radical (unpaired) electrons. The molecule has 3 N–H and O–H groups in total. The summed E-state index contributed by atoms with van der Waals surface area (Å²) in [6, 6.07) is 8.63. The van der Waals surface area contributed by atoms with E-state index >= 15 is 0 Å². The van der Waals surface area contributed by atoms with Crippen molar-refractivity contribution in [3.63, 3.8) is 0 Å². The molecular formula is C12H13N3O3. The van der Waals surface area contributed by atoms with Gasteiger partial charge in [-0.15, -0.1) is 0 Å². The number of hydrogen-bond donors (Lipinski definition) is 2. The Morgan fingerprint density at radius 1 is 1.22 bits per heavy atom. The smallest absolute Gasteiger partial charge is 0.227 e. The maximum absolute atomic E-state index is 9.19. The zero-order chi connectivity index (χ0) is 13.0. The van der Waals surface area contributed by atoms with Crippen molar-refractivity contribution in [2.75, 3.05) is 12.8 Å². The molecule has 0 aliphatic rings. The summed E-state index contributed by atoms with van der Waals surface area (Å²) in [5.74, 6) is 1.16. The Bertz CT molecular complexity index is 546. The lowest BCUT2D eigenvalue weighted by Crippen LogP contribution is -2.00. The van der Waals surface area contributed by atoms with E-state index in [1.54, 1.807) is 18.2 Å². The van der Waals surface area contributed by atoms with E-state index in [1.807, 2.05) is 6.07 Å². The molecule has 6 nitrogen and oxygen atoms in total. The van der Waals surface area contributed by atoms with Crippen molar-refractivity contribution in [2.24, 2.45) is 0 Å². The standard InChI is InChI=1S/C12H13N3O3/c1-17-10-6-11(15-12(13)14-10)18-9-5-3-2-4-8(9)7-16/h2-6,16H,7H2,1H3,(H2,13,14,15). The summed E-state index contributed by atoms with van der Waals surface area (Å²) in [4.78, 5) is 7.79. The van der Waals surface area contributed by atoms with Gasteiger partial charge in [0.15, 0.2) is 0 Å². The predicted molar refractivity (Wildman–Crippen MR) is 65.4 cm³/mol. The fraction of sp³-hybridized carbons (Fsp3) is 0.167. The molecule has 6 heteroatoms. The van der Waals surface area contributed by atoms with Crippen molar-refractivity contribution in [3.8, 4) is 17.5 Å². The molecule has 0 saturated carbocycles. The molecule has 0 atom stereocenters. The third-order valence-corrected chi connectivity index (χ3v) is 2.26. The van der Waals surface area contributed by atoms with Gasteiger partial charge in [0, 0.05) is 5.56 Å². The highest BCUT2D eigenvalue weighted by atomic mass is 16.5. The molecule has 0 spiro atoms. The van der Waals surface area contributed by atoms with Crippen LogP contribution in [0.1, 0.15) is 5.56 Å². The highest BCUT2D eigenvalue weighted by Gasteiger charge is 2.07. The van der Waals surface area contributed by atoms with Crippen LogP contribution in [0.2, 0.25) is 0 Å². The van der Waals surface area contributed by atoms with Crippen molar-refractivity contribution < 1.29 is 14.6 Å². The van der Waals surface area contributed by atoms with Crippen molar-refractivity contribution >= 4 is 5.95 Å². The summed E-state index contributed by atoms with van der Waals surface area (Å²) in [5, 5.41) is 9.19. The van der Waals surface area contributed by atoms with Crippen LogP contribution >= 0.6 is 0 Å². The van der Waals surface area contributed by atoms with Crippen LogP contribution in [0, 0.1) is 0 Å². The molecule has 2 rings (SSSR count). The van der Waals surface area contributed by atoms with Crippen molar-refractivity contribution in [3.05, 3.63) is 35.9 Å². The quantitative estimate of drug-likeness (QED) is 0.847. The van der Waals surface area contributed by atoms with Crippen molar-refractivity contribution in [1.29, 1.82) is 0 Å². The molecule has 0 unspecified atom stereocenters. The second-order valence-corrected chi connectivity index (χ2v) is 3.47. The first-order valence-corrected chi connectivity index (χ1v) is 5.28. The van der Waals surface area contributed by atoms with E-state index in [1.165, 1.54) is 13.2 Å². The Hall–Kier alpha value is -2.34. The van der Waals surface area contributed by atoms with Crippen LogP contribution in [0.5, 0.6) is 17.5 Å². The number of nitrogens with two attached hydrogens (primary N) is 1. The second-order valence-electron chi connectivity index (χ2n) is 3.47. The number of methoxy groups -OCH3 is 1. The molecule has 0 aliphatic carbocycles. The topological polar surface area (TPSA) is 90.5 Å². The van der Waals surface area contributed by atoms with Gasteiger partial charge in [0.1, 0.15) is 5.75 Å².